The Morgan fingerprint density at radius 1 is 1.04 bits per heavy atom. The maximum absolute atomic E-state index is 12.3. The van der Waals surface area contributed by atoms with Gasteiger partial charge in [-0.25, -0.2) is 4.79 Å². The lowest BCUT2D eigenvalue weighted by Gasteiger charge is -2.08. The van der Waals surface area contributed by atoms with Gasteiger partial charge < -0.3 is 18.7 Å². The highest BCUT2D eigenvalue weighted by atomic mass is 16.4. The summed E-state index contributed by atoms with van der Waals surface area (Å²) in [6.45, 7) is 3.84. The Morgan fingerprint density at radius 3 is 2.48 bits per heavy atom. The number of hydrogen-bond donors (Lipinski definition) is 0. The predicted octanol–water partition coefficient (Wildman–Crippen LogP) is 3.51. The van der Waals surface area contributed by atoms with E-state index >= 15 is 0 Å². The van der Waals surface area contributed by atoms with Crippen LogP contribution in [0.2, 0.25) is 0 Å². The largest absolute Gasteiger partial charge is 0.550 e. The number of carboxylic acids is 1. The van der Waals surface area contributed by atoms with Gasteiger partial charge in [-0.05, 0) is 43.9 Å². The monoisotopic (exact) mass is 361 g/mol. The van der Waals surface area contributed by atoms with Gasteiger partial charge in [-0.15, -0.1) is 0 Å². The molecular formula is C22H17O5-. The van der Waals surface area contributed by atoms with Crippen molar-refractivity contribution in [2.45, 2.75) is 26.7 Å². The number of benzene rings is 2. The molecule has 0 saturated carbocycles. The molecule has 2 heterocycles. The molecule has 0 bridgehead atoms. The van der Waals surface area contributed by atoms with E-state index in [-0.39, 0.29) is 12.8 Å². The fourth-order valence-corrected chi connectivity index (χ4v) is 3.38. The van der Waals surface area contributed by atoms with E-state index in [1.165, 1.54) is 5.56 Å². The Kier molecular flexibility index (Phi) is 4.07. The highest BCUT2D eigenvalue weighted by Gasteiger charge is 2.15. The van der Waals surface area contributed by atoms with Gasteiger partial charge in [-0.3, -0.25) is 0 Å². The van der Waals surface area contributed by atoms with Gasteiger partial charge in [-0.2, -0.15) is 0 Å². The molecule has 4 rings (SSSR count). The van der Waals surface area contributed by atoms with Crippen LogP contribution >= 0.6 is 0 Å². The summed E-state index contributed by atoms with van der Waals surface area (Å²) < 4.78 is 11.1. The lowest BCUT2D eigenvalue weighted by atomic mass is 9.98. The van der Waals surface area contributed by atoms with Gasteiger partial charge in [0.2, 0.25) is 0 Å². The standard InChI is InChI=1S/C22H18O5/c1-12-3-5-14(6-4-12)18-11-26-19-10-20-16(9-17(18)19)13(2)15(22(25)27-20)7-8-21(23)24/h3-6,9-11H,7-8H2,1-2H3,(H,23,24)/p-1. The third kappa shape index (κ3) is 3.01. The molecule has 0 atom stereocenters. The van der Waals surface area contributed by atoms with E-state index in [2.05, 4.69) is 0 Å². The second-order valence-corrected chi connectivity index (χ2v) is 6.73. The van der Waals surface area contributed by atoms with Crippen LogP contribution in [0.3, 0.4) is 0 Å². The van der Waals surface area contributed by atoms with Gasteiger partial charge in [-0.1, -0.05) is 29.8 Å². The normalized spacial score (nSPS) is 11.3. The topological polar surface area (TPSA) is 83.5 Å². The summed E-state index contributed by atoms with van der Waals surface area (Å²) in [5.74, 6) is -1.19. The molecule has 0 radical (unpaired) electrons. The number of hydrogen-bond acceptors (Lipinski definition) is 5. The molecule has 5 heteroatoms. The van der Waals surface area contributed by atoms with Crippen molar-refractivity contribution in [3.63, 3.8) is 0 Å². The molecule has 4 aromatic rings. The van der Waals surface area contributed by atoms with Crippen molar-refractivity contribution in [3.05, 3.63) is 69.8 Å². The van der Waals surface area contributed by atoms with E-state index in [1.54, 1.807) is 19.3 Å². The first-order valence-electron chi connectivity index (χ1n) is 8.68. The van der Waals surface area contributed by atoms with Crippen LogP contribution in [0.1, 0.15) is 23.1 Å². The number of furan rings is 1. The summed E-state index contributed by atoms with van der Waals surface area (Å²) in [7, 11) is 0. The molecule has 2 aromatic carbocycles. The summed E-state index contributed by atoms with van der Waals surface area (Å²) in [6.07, 6.45) is 1.55. The molecule has 0 saturated heterocycles. The Bertz CT molecular complexity index is 1230. The van der Waals surface area contributed by atoms with E-state index in [9.17, 15) is 14.7 Å². The van der Waals surface area contributed by atoms with Gasteiger partial charge in [0, 0.05) is 33.9 Å². The third-order valence-corrected chi connectivity index (χ3v) is 4.92. The Labute approximate surface area is 154 Å². The van der Waals surface area contributed by atoms with Crippen LogP contribution in [0, 0.1) is 13.8 Å². The minimum absolute atomic E-state index is 0.0840. The van der Waals surface area contributed by atoms with E-state index in [0.717, 1.165) is 27.5 Å². The van der Waals surface area contributed by atoms with Crippen LogP contribution in [0.25, 0.3) is 33.1 Å². The average molecular weight is 361 g/mol. The number of carbonyl (C=O) groups excluding carboxylic acids is 1. The fraction of sp³-hybridized carbons (Fsp3) is 0.182. The van der Waals surface area contributed by atoms with Crippen LogP contribution in [-0.4, -0.2) is 5.97 Å². The first-order valence-corrected chi connectivity index (χ1v) is 8.68. The van der Waals surface area contributed by atoms with Crippen LogP contribution in [0.5, 0.6) is 0 Å². The highest BCUT2D eigenvalue weighted by Crippen LogP contribution is 2.34. The maximum atomic E-state index is 12.3. The number of carbonyl (C=O) groups is 1. The van der Waals surface area contributed by atoms with Gasteiger partial charge >= 0.3 is 5.63 Å². The van der Waals surface area contributed by atoms with E-state index in [1.807, 2.05) is 37.3 Å². The summed E-state index contributed by atoms with van der Waals surface area (Å²) in [5, 5.41) is 12.4. The SMILES string of the molecule is Cc1ccc(-c2coc3cc4oc(=O)c(CCC(=O)[O-])c(C)c4cc23)cc1. The number of fused-ring (bicyclic) bond motifs is 2. The van der Waals surface area contributed by atoms with Gasteiger partial charge in [0.25, 0.3) is 0 Å². The average Bonchev–Trinajstić information content (AvgIpc) is 3.03. The van der Waals surface area contributed by atoms with Crippen molar-refractivity contribution < 1.29 is 18.7 Å². The van der Waals surface area contributed by atoms with Gasteiger partial charge in [0.1, 0.15) is 11.2 Å². The predicted molar refractivity (Wildman–Crippen MR) is 100 cm³/mol. The third-order valence-electron chi connectivity index (χ3n) is 4.92. The van der Waals surface area contributed by atoms with E-state index in [0.29, 0.717) is 16.7 Å². The number of carboxylic acid groups (broad SMARTS) is 1. The smallest absolute Gasteiger partial charge is 0.339 e. The molecule has 0 aliphatic heterocycles. The van der Waals surface area contributed by atoms with Crippen molar-refractivity contribution in [2.75, 3.05) is 0 Å². The molecule has 136 valence electrons. The lowest BCUT2D eigenvalue weighted by Crippen LogP contribution is -2.24. The molecule has 0 unspecified atom stereocenters. The minimum atomic E-state index is -1.19. The van der Waals surface area contributed by atoms with Crippen molar-refractivity contribution >= 4 is 27.9 Å². The molecule has 0 aliphatic carbocycles. The zero-order chi connectivity index (χ0) is 19.1. The quantitative estimate of drug-likeness (QED) is 0.520. The highest BCUT2D eigenvalue weighted by molar-refractivity contribution is 6.02. The maximum Gasteiger partial charge on any atom is 0.339 e. The van der Waals surface area contributed by atoms with Gasteiger partial charge in [0.05, 0.1) is 6.26 Å². The van der Waals surface area contributed by atoms with Crippen molar-refractivity contribution in [3.8, 4) is 11.1 Å². The first kappa shape index (κ1) is 17.1. The summed E-state index contributed by atoms with van der Waals surface area (Å²) in [6, 6.07) is 11.8. The second-order valence-electron chi connectivity index (χ2n) is 6.73. The molecule has 5 nitrogen and oxygen atoms in total. The van der Waals surface area contributed by atoms with Crippen molar-refractivity contribution in [2.24, 2.45) is 0 Å². The van der Waals surface area contributed by atoms with Crippen LogP contribution in [0.4, 0.5) is 0 Å². The Hall–Kier alpha value is -3.34. The number of aryl methyl sites for hydroxylation is 2. The van der Waals surface area contributed by atoms with Crippen molar-refractivity contribution in [1.29, 1.82) is 0 Å². The molecule has 0 amide bonds. The lowest BCUT2D eigenvalue weighted by molar-refractivity contribution is -0.305. The summed E-state index contributed by atoms with van der Waals surface area (Å²) in [5.41, 5.74) is 4.78. The van der Waals surface area contributed by atoms with Crippen LogP contribution < -0.4 is 10.7 Å². The zero-order valence-corrected chi connectivity index (χ0v) is 15.0. The molecule has 27 heavy (non-hydrogen) atoms. The zero-order valence-electron chi connectivity index (χ0n) is 15.0. The molecule has 2 aromatic heterocycles. The molecule has 0 fully saturated rings. The molecule has 0 N–H and O–H groups in total. The Balaban J connectivity index is 1.92. The molecule has 0 aliphatic rings. The van der Waals surface area contributed by atoms with E-state index < -0.39 is 11.6 Å². The number of rotatable bonds is 4. The second kappa shape index (κ2) is 6.43. The summed E-state index contributed by atoms with van der Waals surface area (Å²) in [4.78, 5) is 23.0. The van der Waals surface area contributed by atoms with Crippen LogP contribution in [0.15, 0.2) is 56.3 Å². The molecule has 0 spiro atoms. The number of aliphatic carboxylic acids is 1. The first-order chi connectivity index (χ1) is 12.9. The summed E-state index contributed by atoms with van der Waals surface area (Å²) >= 11 is 0. The van der Waals surface area contributed by atoms with Crippen molar-refractivity contribution in [1.82, 2.24) is 0 Å². The van der Waals surface area contributed by atoms with Gasteiger partial charge in [0.15, 0.2) is 0 Å². The van der Waals surface area contributed by atoms with Crippen LogP contribution in [-0.2, 0) is 11.2 Å². The fourth-order valence-electron chi connectivity index (χ4n) is 3.38. The molecular weight excluding hydrogens is 344 g/mol. The van der Waals surface area contributed by atoms with E-state index in [4.69, 9.17) is 8.83 Å². The Morgan fingerprint density at radius 2 is 1.78 bits per heavy atom. The minimum Gasteiger partial charge on any atom is -0.550 e.